The van der Waals surface area contributed by atoms with Crippen LogP contribution in [0.3, 0.4) is 0 Å². The molecule has 1 fully saturated rings. The van der Waals surface area contributed by atoms with Gasteiger partial charge in [-0.25, -0.2) is 0 Å². The fourth-order valence-electron chi connectivity index (χ4n) is 2.57. The Bertz CT molecular complexity index is 425. The Kier molecular flexibility index (Phi) is 6.77. The van der Waals surface area contributed by atoms with Gasteiger partial charge in [0.2, 0.25) is 0 Å². The number of hydrogen-bond acceptors (Lipinski definition) is 3. The highest BCUT2D eigenvalue weighted by Crippen LogP contribution is 2.24. The summed E-state index contributed by atoms with van der Waals surface area (Å²) in [6, 6.07) is 6.41. The van der Waals surface area contributed by atoms with Crippen LogP contribution in [0, 0.1) is 0 Å². The van der Waals surface area contributed by atoms with E-state index >= 15 is 0 Å². The Balaban J connectivity index is 0.00000220. The average molecular weight is 325 g/mol. The van der Waals surface area contributed by atoms with Crippen LogP contribution < -0.4 is 10.5 Å². The van der Waals surface area contributed by atoms with Gasteiger partial charge in [0.05, 0.1) is 0 Å². The van der Waals surface area contributed by atoms with Gasteiger partial charge in [0, 0.05) is 19.1 Å². The first-order valence-corrected chi connectivity index (χ1v) is 6.77. The van der Waals surface area contributed by atoms with Gasteiger partial charge in [0.15, 0.2) is 0 Å². The standard InChI is InChI=1S/C14H19F3N2O.ClH/c15-14(16,17)20-13-6-4-11(5-7-13)10-19-8-2-1-3-12(19)9-18;/h4-7,12H,1-3,8-10,18H2;1H. The molecular weight excluding hydrogens is 305 g/mol. The van der Waals surface area contributed by atoms with Crippen LogP contribution in [0.2, 0.25) is 0 Å². The Hall–Kier alpha value is -0.980. The van der Waals surface area contributed by atoms with E-state index < -0.39 is 6.36 Å². The van der Waals surface area contributed by atoms with Gasteiger partial charge >= 0.3 is 6.36 Å². The molecule has 1 unspecified atom stereocenters. The Morgan fingerprint density at radius 1 is 1.19 bits per heavy atom. The first kappa shape index (κ1) is 18.1. The van der Waals surface area contributed by atoms with Crippen LogP contribution in [-0.2, 0) is 6.54 Å². The SMILES string of the molecule is Cl.NCC1CCCCN1Cc1ccc(OC(F)(F)F)cc1. The van der Waals surface area contributed by atoms with Crippen molar-refractivity contribution in [3.63, 3.8) is 0 Å². The molecule has 7 heteroatoms. The zero-order valence-electron chi connectivity index (χ0n) is 11.6. The van der Waals surface area contributed by atoms with Crippen LogP contribution in [0.15, 0.2) is 24.3 Å². The second-order valence-electron chi connectivity index (χ2n) is 5.05. The summed E-state index contributed by atoms with van der Waals surface area (Å²) >= 11 is 0. The van der Waals surface area contributed by atoms with Gasteiger partial charge in [0.25, 0.3) is 0 Å². The molecule has 0 aromatic heterocycles. The summed E-state index contributed by atoms with van der Waals surface area (Å²) in [4.78, 5) is 2.29. The van der Waals surface area contributed by atoms with E-state index in [2.05, 4.69) is 9.64 Å². The van der Waals surface area contributed by atoms with E-state index in [1.165, 1.54) is 18.6 Å². The normalized spacial score (nSPS) is 19.9. The lowest BCUT2D eigenvalue weighted by molar-refractivity contribution is -0.274. The van der Waals surface area contributed by atoms with Crippen LogP contribution in [0.4, 0.5) is 13.2 Å². The molecule has 21 heavy (non-hydrogen) atoms. The average Bonchev–Trinajstić information content (AvgIpc) is 2.40. The molecule has 1 atom stereocenters. The highest BCUT2D eigenvalue weighted by atomic mass is 35.5. The maximum absolute atomic E-state index is 12.1. The zero-order valence-corrected chi connectivity index (χ0v) is 12.4. The fraction of sp³-hybridized carbons (Fsp3) is 0.571. The summed E-state index contributed by atoms with van der Waals surface area (Å²) < 4.78 is 40.1. The number of piperidine rings is 1. The Morgan fingerprint density at radius 3 is 2.43 bits per heavy atom. The highest BCUT2D eigenvalue weighted by Gasteiger charge is 2.31. The number of likely N-dealkylation sites (tertiary alicyclic amines) is 1. The minimum atomic E-state index is -4.64. The minimum absolute atomic E-state index is 0. The molecule has 3 nitrogen and oxygen atoms in total. The van der Waals surface area contributed by atoms with Crippen molar-refractivity contribution < 1.29 is 17.9 Å². The van der Waals surface area contributed by atoms with Gasteiger partial charge in [-0.1, -0.05) is 18.6 Å². The highest BCUT2D eigenvalue weighted by molar-refractivity contribution is 5.85. The predicted molar refractivity (Wildman–Crippen MR) is 77.5 cm³/mol. The van der Waals surface area contributed by atoms with E-state index in [0.29, 0.717) is 19.1 Å². The maximum atomic E-state index is 12.1. The molecule has 2 rings (SSSR count). The van der Waals surface area contributed by atoms with E-state index in [0.717, 1.165) is 24.9 Å². The largest absolute Gasteiger partial charge is 0.573 e. The second-order valence-corrected chi connectivity index (χ2v) is 5.05. The van der Waals surface area contributed by atoms with E-state index in [4.69, 9.17) is 5.73 Å². The molecule has 1 aliphatic rings. The minimum Gasteiger partial charge on any atom is -0.406 e. The molecule has 0 radical (unpaired) electrons. The number of benzene rings is 1. The lowest BCUT2D eigenvalue weighted by Gasteiger charge is -2.35. The van der Waals surface area contributed by atoms with E-state index in [9.17, 15) is 13.2 Å². The molecule has 1 heterocycles. The third kappa shape index (κ3) is 5.73. The number of nitrogens with two attached hydrogens (primary N) is 1. The molecule has 0 spiro atoms. The van der Waals surface area contributed by atoms with Gasteiger partial charge in [-0.3, -0.25) is 4.90 Å². The molecule has 1 saturated heterocycles. The number of rotatable bonds is 4. The van der Waals surface area contributed by atoms with Crippen LogP contribution in [0.1, 0.15) is 24.8 Å². The van der Waals surface area contributed by atoms with E-state index in [1.807, 2.05) is 0 Å². The van der Waals surface area contributed by atoms with E-state index in [1.54, 1.807) is 12.1 Å². The third-order valence-corrected chi connectivity index (χ3v) is 3.56. The van der Waals surface area contributed by atoms with Crippen LogP contribution in [0.5, 0.6) is 5.75 Å². The molecule has 1 aromatic rings. The summed E-state index contributed by atoms with van der Waals surface area (Å²) in [5.41, 5.74) is 6.73. The van der Waals surface area contributed by atoms with Crippen molar-refractivity contribution in [2.45, 2.75) is 38.2 Å². The van der Waals surface area contributed by atoms with Crippen LogP contribution >= 0.6 is 12.4 Å². The Morgan fingerprint density at radius 2 is 1.86 bits per heavy atom. The van der Waals surface area contributed by atoms with E-state index in [-0.39, 0.29) is 18.2 Å². The van der Waals surface area contributed by atoms with Crippen molar-refractivity contribution in [3.8, 4) is 5.75 Å². The molecule has 1 aromatic carbocycles. The maximum Gasteiger partial charge on any atom is 0.573 e. The van der Waals surface area contributed by atoms with Crippen LogP contribution in [-0.4, -0.2) is 30.4 Å². The number of hydrogen-bond donors (Lipinski definition) is 1. The van der Waals surface area contributed by atoms with Gasteiger partial charge in [0.1, 0.15) is 5.75 Å². The molecule has 0 saturated carbocycles. The molecule has 0 aliphatic carbocycles. The van der Waals surface area contributed by atoms with Crippen molar-refractivity contribution in [1.82, 2.24) is 4.90 Å². The van der Waals surface area contributed by atoms with Gasteiger partial charge in [-0.05, 0) is 37.1 Å². The first-order chi connectivity index (χ1) is 9.48. The summed E-state index contributed by atoms with van der Waals surface area (Å²) in [6.45, 7) is 2.33. The molecule has 0 amide bonds. The lowest BCUT2D eigenvalue weighted by Crippen LogP contribution is -2.43. The summed E-state index contributed by atoms with van der Waals surface area (Å²) in [5.74, 6) is -0.185. The summed E-state index contributed by atoms with van der Waals surface area (Å²) in [5, 5.41) is 0. The summed E-state index contributed by atoms with van der Waals surface area (Å²) in [6.07, 6.45) is -1.21. The lowest BCUT2D eigenvalue weighted by atomic mass is 10.0. The van der Waals surface area contributed by atoms with Crippen molar-refractivity contribution in [2.75, 3.05) is 13.1 Å². The molecular formula is C14H20ClF3N2O. The van der Waals surface area contributed by atoms with Crippen molar-refractivity contribution in [2.24, 2.45) is 5.73 Å². The summed E-state index contributed by atoms with van der Waals surface area (Å²) in [7, 11) is 0. The topological polar surface area (TPSA) is 38.5 Å². The number of ether oxygens (including phenoxy) is 1. The molecule has 1 aliphatic heterocycles. The number of halogens is 4. The van der Waals surface area contributed by atoms with Crippen molar-refractivity contribution >= 4 is 12.4 Å². The molecule has 0 bridgehead atoms. The monoisotopic (exact) mass is 324 g/mol. The first-order valence-electron chi connectivity index (χ1n) is 6.77. The number of alkyl halides is 3. The zero-order chi connectivity index (χ0) is 14.6. The second kappa shape index (κ2) is 7.87. The molecule has 2 N–H and O–H groups in total. The predicted octanol–water partition coefficient (Wildman–Crippen LogP) is 3.32. The number of nitrogens with zero attached hydrogens (tertiary/aromatic N) is 1. The van der Waals surface area contributed by atoms with Gasteiger partial charge in [-0.15, -0.1) is 25.6 Å². The van der Waals surface area contributed by atoms with Crippen molar-refractivity contribution in [3.05, 3.63) is 29.8 Å². The Labute approximate surface area is 128 Å². The molecule has 120 valence electrons. The van der Waals surface area contributed by atoms with Gasteiger partial charge < -0.3 is 10.5 Å². The third-order valence-electron chi connectivity index (χ3n) is 3.56. The van der Waals surface area contributed by atoms with Crippen LogP contribution in [0.25, 0.3) is 0 Å². The fourth-order valence-corrected chi connectivity index (χ4v) is 2.57. The van der Waals surface area contributed by atoms with Gasteiger partial charge in [-0.2, -0.15) is 0 Å². The van der Waals surface area contributed by atoms with Crippen molar-refractivity contribution in [1.29, 1.82) is 0 Å². The smallest absolute Gasteiger partial charge is 0.406 e. The quantitative estimate of drug-likeness (QED) is 0.923.